The third kappa shape index (κ3) is 3.18. The van der Waals surface area contributed by atoms with E-state index < -0.39 is 0 Å². The molecule has 0 fully saturated rings. The first-order valence-corrected chi connectivity index (χ1v) is 7.15. The molecule has 0 spiro atoms. The van der Waals surface area contributed by atoms with Gasteiger partial charge < -0.3 is 4.74 Å². The van der Waals surface area contributed by atoms with Gasteiger partial charge in [-0.25, -0.2) is 0 Å². The number of methoxy groups -OCH3 is 1. The first-order valence-electron chi connectivity index (χ1n) is 6.78. The summed E-state index contributed by atoms with van der Waals surface area (Å²) < 4.78 is 7.24. The zero-order chi connectivity index (χ0) is 15.4. The molecule has 2 aromatic rings. The number of hydrogen-bond donors (Lipinski definition) is 2. The van der Waals surface area contributed by atoms with Crippen molar-refractivity contribution in [2.75, 3.05) is 7.11 Å². The van der Waals surface area contributed by atoms with E-state index in [4.69, 9.17) is 22.2 Å². The molecular formula is C14H20ClN5O. The highest BCUT2D eigenvalue weighted by atomic mass is 35.5. The average molecular weight is 310 g/mol. The Balaban J connectivity index is 2.36. The van der Waals surface area contributed by atoms with E-state index in [0.29, 0.717) is 17.2 Å². The van der Waals surface area contributed by atoms with Crippen LogP contribution in [0.5, 0.6) is 5.75 Å². The largest absolute Gasteiger partial charge is 0.495 e. The molecule has 0 aliphatic heterocycles. The highest BCUT2D eigenvalue weighted by Crippen LogP contribution is 2.29. The predicted octanol–water partition coefficient (Wildman–Crippen LogP) is 2.02. The fourth-order valence-corrected chi connectivity index (χ4v) is 2.58. The minimum absolute atomic E-state index is 0.137. The molecule has 0 radical (unpaired) electrons. The second-order valence-electron chi connectivity index (χ2n) is 4.70. The van der Waals surface area contributed by atoms with E-state index in [0.717, 1.165) is 23.5 Å². The van der Waals surface area contributed by atoms with Crippen molar-refractivity contribution in [2.24, 2.45) is 5.84 Å². The Morgan fingerprint density at radius 1 is 1.52 bits per heavy atom. The van der Waals surface area contributed by atoms with Crippen LogP contribution in [-0.4, -0.2) is 21.9 Å². The molecule has 0 amide bonds. The molecule has 6 nitrogen and oxygen atoms in total. The van der Waals surface area contributed by atoms with Gasteiger partial charge in [0.05, 0.1) is 35.8 Å². The summed E-state index contributed by atoms with van der Waals surface area (Å²) in [7, 11) is 1.61. The van der Waals surface area contributed by atoms with Crippen LogP contribution in [0.2, 0.25) is 5.02 Å². The summed E-state index contributed by atoms with van der Waals surface area (Å²) in [6.45, 7) is 4.69. The van der Waals surface area contributed by atoms with Gasteiger partial charge in [-0.05, 0) is 19.9 Å². The van der Waals surface area contributed by atoms with E-state index in [9.17, 15) is 0 Å². The van der Waals surface area contributed by atoms with E-state index in [1.54, 1.807) is 19.5 Å². The van der Waals surface area contributed by atoms with Gasteiger partial charge in [0.25, 0.3) is 0 Å². The standard InChI is InChI=1S/C14H20ClN5O/c1-4-20-12(14(15)9(2)19-20)7-11(18-16)10-5-6-17-8-13(10)21-3/h5-6,8,11,18H,4,7,16H2,1-3H3. The molecule has 3 N–H and O–H groups in total. The Kier molecular flexibility index (Phi) is 5.17. The first kappa shape index (κ1) is 15.8. The lowest BCUT2D eigenvalue weighted by molar-refractivity contribution is 0.395. The van der Waals surface area contributed by atoms with Gasteiger partial charge in [-0.15, -0.1) is 0 Å². The van der Waals surface area contributed by atoms with Crippen LogP contribution in [0.25, 0.3) is 0 Å². The predicted molar refractivity (Wildman–Crippen MR) is 82.2 cm³/mol. The Morgan fingerprint density at radius 3 is 2.90 bits per heavy atom. The molecule has 2 heterocycles. The smallest absolute Gasteiger partial charge is 0.141 e. The van der Waals surface area contributed by atoms with Gasteiger partial charge in [0.1, 0.15) is 5.75 Å². The van der Waals surface area contributed by atoms with Gasteiger partial charge in [-0.1, -0.05) is 11.6 Å². The fraction of sp³-hybridized carbons (Fsp3) is 0.429. The van der Waals surface area contributed by atoms with E-state index in [1.165, 1.54) is 0 Å². The van der Waals surface area contributed by atoms with Crippen molar-refractivity contribution in [3.05, 3.63) is 40.4 Å². The summed E-state index contributed by atoms with van der Waals surface area (Å²) in [6.07, 6.45) is 4.00. The lowest BCUT2D eigenvalue weighted by atomic mass is 10.0. The molecule has 0 saturated heterocycles. The maximum absolute atomic E-state index is 6.36. The molecule has 1 atom stereocenters. The van der Waals surface area contributed by atoms with Gasteiger partial charge >= 0.3 is 0 Å². The number of hydrazine groups is 1. The maximum Gasteiger partial charge on any atom is 0.141 e. The van der Waals surface area contributed by atoms with Crippen LogP contribution < -0.4 is 16.0 Å². The molecule has 0 saturated carbocycles. The first-order chi connectivity index (χ1) is 10.1. The lowest BCUT2D eigenvalue weighted by Crippen LogP contribution is -2.30. The average Bonchev–Trinajstić information content (AvgIpc) is 2.79. The van der Waals surface area contributed by atoms with Crippen LogP contribution in [-0.2, 0) is 13.0 Å². The Hall–Kier alpha value is -1.63. The van der Waals surface area contributed by atoms with Crippen LogP contribution in [0.4, 0.5) is 0 Å². The van der Waals surface area contributed by atoms with Crippen LogP contribution in [0.15, 0.2) is 18.5 Å². The molecule has 0 bridgehead atoms. The fourth-order valence-electron chi connectivity index (χ4n) is 2.37. The van der Waals surface area contributed by atoms with Gasteiger partial charge in [0, 0.05) is 24.7 Å². The quantitative estimate of drug-likeness (QED) is 0.630. The zero-order valence-corrected chi connectivity index (χ0v) is 13.2. The third-order valence-corrected chi connectivity index (χ3v) is 3.95. The molecule has 7 heteroatoms. The number of aryl methyl sites for hydroxylation is 2. The summed E-state index contributed by atoms with van der Waals surface area (Å²) >= 11 is 6.36. The molecule has 2 aromatic heterocycles. The molecule has 0 aliphatic rings. The van der Waals surface area contributed by atoms with Gasteiger partial charge in [-0.2, -0.15) is 5.10 Å². The molecular weight excluding hydrogens is 290 g/mol. The van der Waals surface area contributed by atoms with Crippen LogP contribution >= 0.6 is 11.6 Å². The molecule has 21 heavy (non-hydrogen) atoms. The Bertz CT molecular complexity index is 613. The number of pyridine rings is 1. The van der Waals surface area contributed by atoms with Gasteiger partial charge in [0.15, 0.2) is 0 Å². The zero-order valence-electron chi connectivity index (χ0n) is 12.4. The number of rotatable bonds is 6. The van der Waals surface area contributed by atoms with Crippen molar-refractivity contribution in [3.8, 4) is 5.75 Å². The van der Waals surface area contributed by atoms with Crippen LogP contribution in [0.1, 0.15) is 29.9 Å². The molecule has 1 unspecified atom stereocenters. The van der Waals surface area contributed by atoms with Crippen molar-refractivity contribution < 1.29 is 4.74 Å². The number of nitrogens with zero attached hydrogens (tertiary/aromatic N) is 3. The number of nitrogens with two attached hydrogens (primary N) is 1. The van der Waals surface area contributed by atoms with Crippen molar-refractivity contribution in [3.63, 3.8) is 0 Å². The van der Waals surface area contributed by atoms with Crippen molar-refractivity contribution in [1.82, 2.24) is 20.2 Å². The second-order valence-corrected chi connectivity index (χ2v) is 5.08. The summed E-state index contributed by atoms with van der Waals surface area (Å²) in [5.41, 5.74) is 5.54. The van der Waals surface area contributed by atoms with E-state index >= 15 is 0 Å². The number of nitrogens with one attached hydrogen (secondary N) is 1. The van der Waals surface area contributed by atoms with E-state index in [-0.39, 0.29) is 6.04 Å². The second kappa shape index (κ2) is 6.89. The number of ether oxygens (including phenoxy) is 1. The Labute approximate surface area is 129 Å². The highest BCUT2D eigenvalue weighted by Gasteiger charge is 2.21. The summed E-state index contributed by atoms with van der Waals surface area (Å²) in [6, 6.07) is 1.75. The lowest BCUT2D eigenvalue weighted by Gasteiger charge is -2.19. The Morgan fingerprint density at radius 2 is 2.29 bits per heavy atom. The minimum atomic E-state index is -0.137. The number of aromatic nitrogens is 3. The summed E-state index contributed by atoms with van der Waals surface area (Å²) in [5, 5.41) is 5.11. The summed E-state index contributed by atoms with van der Waals surface area (Å²) in [5.74, 6) is 6.42. The monoisotopic (exact) mass is 309 g/mol. The van der Waals surface area contributed by atoms with Gasteiger partial charge in [-0.3, -0.25) is 20.9 Å². The number of hydrogen-bond acceptors (Lipinski definition) is 5. The maximum atomic E-state index is 6.36. The van der Waals surface area contributed by atoms with E-state index in [1.807, 2.05) is 24.6 Å². The van der Waals surface area contributed by atoms with Crippen molar-refractivity contribution in [1.29, 1.82) is 0 Å². The van der Waals surface area contributed by atoms with E-state index in [2.05, 4.69) is 15.5 Å². The molecule has 114 valence electrons. The number of halogens is 1. The summed E-state index contributed by atoms with van der Waals surface area (Å²) in [4.78, 5) is 4.06. The third-order valence-electron chi connectivity index (χ3n) is 3.46. The van der Waals surface area contributed by atoms with Crippen molar-refractivity contribution in [2.45, 2.75) is 32.9 Å². The van der Waals surface area contributed by atoms with Crippen LogP contribution in [0.3, 0.4) is 0 Å². The molecule has 0 aromatic carbocycles. The van der Waals surface area contributed by atoms with Gasteiger partial charge in [0.2, 0.25) is 0 Å². The highest BCUT2D eigenvalue weighted by molar-refractivity contribution is 6.31. The minimum Gasteiger partial charge on any atom is -0.495 e. The van der Waals surface area contributed by atoms with Crippen LogP contribution in [0, 0.1) is 6.92 Å². The molecule has 2 rings (SSSR count). The molecule has 0 aliphatic carbocycles. The normalized spacial score (nSPS) is 12.4. The van der Waals surface area contributed by atoms with Crippen molar-refractivity contribution >= 4 is 11.6 Å². The topological polar surface area (TPSA) is 78.0 Å². The SMILES string of the molecule is CCn1nc(C)c(Cl)c1CC(NN)c1ccncc1OC.